The van der Waals surface area contributed by atoms with Crippen molar-refractivity contribution in [3.05, 3.63) is 163 Å². The Balaban J connectivity index is 1.36. The van der Waals surface area contributed by atoms with Crippen LogP contribution in [0.3, 0.4) is 0 Å². The first-order chi connectivity index (χ1) is 22.1. The van der Waals surface area contributed by atoms with Crippen molar-refractivity contribution in [3.8, 4) is 22.3 Å². The molecule has 1 aliphatic rings. The molecule has 0 N–H and O–H groups in total. The van der Waals surface area contributed by atoms with E-state index in [1.165, 1.54) is 75.7 Å². The van der Waals surface area contributed by atoms with E-state index >= 15 is 0 Å². The third-order valence-electron chi connectivity index (χ3n) is 9.63. The fraction of sp³-hybridized carbons (Fsp3) is 0.0698. The summed E-state index contributed by atoms with van der Waals surface area (Å²) in [6, 6.07) is 55.9. The summed E-state index contributed by atoms with van der Waals surface area (Å²) in [4.78, 5) is 2.52. The number of rotatable bonds is 4. The second-order valence-corrected chi connectivity index (χ2v) is 13.6. The highest BCUT2D eigenvalue weighted by Gasteiger charge is 2.39. The molecule has 7 aromatic carbocycles. The molecule has 1 heterocycles. The zero-order valence-corrected chi connectivity index (χ0v) is 26.1. The van der Waals surface area contributed by atoms with Crippen LogP contribution >= 0.6 is 11.3 Å². The van der Waals surface area contributed by atoms with Crippen LogP contribution in [0.2, 0.25) is 0 Å². The largest absolute Gasteiger partial charge is 0.310 e. The van der Waals surface area contributed by atoms with Crippen molar-refractivity contribution in [1.29, 1.82) is 0 Å². The van der Waals surface area contributed by atoms with Crippen LogP contribution in [0.4, 0.5) is 17.1 Å². The minimum absolute atomic E-state index is 0.157. The monoisotopic (exact) mass is 593 g/mol. The molecule has 45 heavy (non-hydrogen) atoms. The molecule has 0 atom stereocenters. The van der Waals surface area contributed by atoms with Gasteiger partial charge < -0.3 is 4.90 Å². The van der Waals surface area contributed by atoms with Crippen molar-refractivity contribution in [1.82, 2.24) is 0 Å². The lowest BCUT2D eigenvalue weighted by atomic mass is 9.81. The molecule has 0 radical (unpaired) electrons. The van der Waals surface area contributed by atoms with Crippen molar-refractivity contribution in [2.24, 2.45) is 0 Å². The fourth-order valence-corrected chi connectivity index (χ4v) is 8.76. The molecule has 2 heteroatoms. The Hall–Kier alpha value is -5.18. The topological polar surface area (TPSA) is 3.24 Å². The summed E-state index contributed by atoms with van der Waals surface area (Å²) < 4.78 is 2.64. The normalized spacial score (nSPS) is 13.3. The average molecular weight is 594 g/mol. The van der Waals surface area contributed by atoms with Gasteiger partial charge in [-0.2, -0.15) is 0 Å². The summed E-state index contributed by atoms with van der Waals surface area (Å²) >= 11 is 1.87. The van der Waals surface area contributed by atoms with Gasteiger partial charge in [-0.25, -0.2) is 0 Å². The highest BCUT2D eigenvalue weighted by atomic mass is 32.1. The Morgan fingerprint density at radius 3 is 2.04 bits per heavy atom. The maximum absolute atomic E-state index is 2.52. The highest BCUT2D eigenvalue weighted by molar-refractivity contribution is 7.25. The lowest BCUT2D eigenvalue weighted by Gasteiger charge is -2.33. The van der Waals surface area contributed by atoms with E-state index in [0.29, 0.717) is 0 Å². The quantitative estimate of drug-likeness (QED) is 0.196. The molecule has 8 aromatic rings. The molecule has 0 saturated carbocycles. The number of hydrogen-bond donors (Lipinski definition) is 0. The molecule has 0 bridgehead atoms. The summed E-state index contributed by atoms with van der Waals surface area (Å²) in [5, 5.41) is 5.13. The van der Waals surface area contributed by atoms with Gasteiger partial charge in [-0.05, 0) is 75.0 Å². The van der Waals surface area contributed by atoms with E-state index in [9.17, 15) is 0 Å². The van der Waals surface area contributed by atoms with Crippen molar-refractivity contribution in [2.45, 2.75) is 19.3 Å². The number of thiophene rings is 1. The minimum atomic E-state index is -0.157. The minimum Gasteiger partial charge on any atom is -0.310 e. The number of nitrogens with zero attached hydrogens (tertiary/aromatic N) is 1. The first kappa shape index (κ1) is 26.2. The van der Waals surface area contributed by atoms with E-state index in [2.05, 4.69) is 170 Å². The van der Waals surface area contributed by atoms with Crippen LogP contribution in [0.15, 0.2) is 152 Å². The van der Waals surface area contributed by atoms with E-state index in [1.54, 1.807) is 0 Å². The zero-order valence-electron chi connectivity index (χ0n) is 25.3. The van der Waals surface area contributed by atoms with Crippen LogP contribution < -0.4 is 4.90 Å². The average Bonchev–Trinajstić information content (AvgIpc) is 3.58. The Morgan fingerprint density at radius 2 is 1.13 bits per heavy atom. The van der Waals surface area contributed by atoms with Gasteiger partial charge in [0.1, 0.15) is 0 Å². The molecule has 9 rings (SSSR count). The predicted octanol–water partition coefficient (Wildman–Crippen LogP) is 12.7. The third kappa shape index (κ3) is 3.92. The van der Waals surface area contributed by atoms with Crippen LogP contribution in [0.1, 0.15) is 25.0 Å². The maximum Gasteiger partial charge on any atom is 0.0540 e. The Bertz CT molecular complexity index is 2430. The smallest absolute Gasteiger partial charge is 0.0540 e. The lowest BCUT2D eigenvalue weighted by molar-refractivity contribution is 0.661. The van der Waals surface area contributed by atoms with Gasteiger partial charge in [-0.1, -0.05) is 129 Å². The molecule has 0 unspecified atom stereocenters. The number of para-hydroxylation sites is 1. The predicted molar refractivity (Wildman–Crippen MR) is 195 cm³/mol. The first-order valence-electron chi connectivity index (χ1n) is 15.6. The first-order valence-corrected chi connectivity index (χ1v) is 16.4. The summed E-state index contributed by atoms with van der Waals surface area (Å²) in [7, 11) is 0. The molecule has 214 valence electrons. The maximum atomic E-state index is 2.52. The molecule has 0 amide bonds. The van der Waals surface area contributed by atoms with Crippen molar-refractivity contribution >= 4 is 59.3 Å². The van der Waals surface area contributed by atoms with Gasteiger partial charge in [0, 0.05) is 36.8 Å². The molecule has 1 nitrogen and oxygen atoms in total. The van der Waals surface area contributed by atoms with Gasteiger partial charge in [0.25, 0.3) is 0 Å². The third-order valence-corrected chi connectivity index (χ3v) is 10.8. The molecule has 0 spiro atoms. The van der Waals surface area contributed by atoms with Crippen molar-refractivity contribution in [2.75, 3.05) is 4.90 Å². The van der Waals surface area contributed by atoms with Crippen molar-refractivity contribution < 1.29 is 0 Å². The number of anilines is 3. The number of hydrogen-bond acceptors (Lipinski definition) is 2. The van der Waals surface area contributed by atoms with E-state index in [4.69, 9.17) is 0 Å². The summed E-state index contributed by atoms with van der Waals surface area (Å²) in [5.74, 6) is 0. The van der Waals surface area contributed by atoms with Crippen LogP contribution in [-0.2, 0) is 5.41 Å². The van der Waals surface area contributed by atoms with E-state index in [1.807, 2.05) is 11.3 Å². The molecule has 1 aliphatic carbocycles. The van der Waals surface area contributed by atoms with Gasteiger partial charge in [-0.3, -0.25) is 0 Å². The van der Waals surface area contributed by atoms with Gasteiger partial charge in [0.05, 0.1) is 11.4 Å². The highest BCUT2D eigenvalue weighted by Crippen LogP contribution is 2.55. The lowest BCUT2D eigenvalue weighted by Crippen LogP contribution is -2.21. The van der Waals surface area contributed by atoms with Gasteiger partial charge in [-0.15, -0.1) is 11.3 Å². The van der Waals surface area contributed by atoms with Crippen LogP contribution in [-0.4, -0.2) is 0 Å². The number of benzene rings is 7. The molecule has 0 fully saturated rings. The van der Waals surface area contributed by atoms with E-state index < -0.39 is 0 Å². The van der Waals surface area contributed by atoms with Gasteiger partial charge in [0.15, 0.2) is 0 Å². The number of fused-ring (bicyclic) bond motifs is 7. The standard InChI is InChI=1S/C43H31NS/c1-43(2)36-20-8-5-15-31(36)34-19-11-22-38(42(34)43)44(30-26-25-28-13-3-4-14-29(28)27-30)37-21-9-6-16-32(37)33-18-12-24-40-41(33)35-17-7-10-23-39(35)45-40/h3-27H,1-2H3. The molecular formula is C43H31NS. The summed E-state index contributed by atoms with van der Waals surface area (Å²) in [5.41, 5.74) is 11.3. The second kappa shape index (κ2) is 9.92. The zero-order chi connectivity index (χ0) is 30.1. The van der Waals surface area contributed by atoms with E-state index in [0.717, 1.165) is 5.69 Å². The van der Waals surface area contributed by atoms with Crippen molar-refractivity contribution in [3.63, 3.8) is 0 Å². The summed E-state index contributed by atoms with van der Waals surface area (Å²) in [6.07, 6.45) is 0. The SMILES string of the molecule is CC1(C)c2ccccc2-c2cccc(N(c3ccc4ccccc4c3)c3ccccc3-c3cccc4sc5ccccc5c34)c21. The van der Waals surface area contributed by atoms with Crippen LogP contribution in [0.25, 0.3) is 53.2 Å². The van der Waals surface area contributed by atoms with Gasteiger partial charge in [0.2, 0.25) is 0 Å². The van der Waals surface area contributed by atoms with Crippen LogP contribution in [0.5, 0.6) is 0 Å². The molecule has 0 aliphatic heterocycles. The summed E-state index contributed by atoms with van der Waals surface area (Å²) in [6.45, 7) is 4.76. The van der Waals surface area contributed by atoms with E-state index in [-0.39, 0.29) is 5.41 Å². The molecular weight excluding hydrogens is 563 g/mol. The van der Waals surface area contributed by atoms with Crippen LogP contribution in [0, 0.1) is 0 Å². The second-order valence-electron chi connectivity index (χ2n) is 12.5. The molecule has 1 aromatic heterocycles. The molecule has 0 saturated heterocycles. The van der Waals surface area contributed by atoms with Gasteiger partial charge >= 0.3 is 0 Å². The Morgan fingerprint density at radius 1 is 0.489 bits per heavy atom. The Labute approximate surface area is 267 Å². The fourth-order valence-electron chi connectivity index (χ4n) is 7.62. The Kier molecular flexibility index (Phi) is 5.78.